The van der Waals surface area contributed by atoms with E-state index in [0.29, 0.717) is 12.1 Å². The second-order valence-corrected chi connectivity index (χ2v) is 6.58. The minimum absolute atomic E-state index is 0.396. The molecule has 0 radical (unpaired) electrons. The molecule has 0 aromatic carbocycles. The Morgan fingerprint density at radius 2 is 2.40 bits per heavy atom. The van der Waals surface area contributed by atoms with E-state index in [9.17, 15) is 0 Å². The molecule has 0 bridgehead atoms. The van der Waals surface area contributed by atoms with Crippen LogP contribution in [0.15, 0.2) is 11.6 Å². The average Bonchev–Trinajstić information content (AvgIpc) is 3.05. The van der Waals surface area contributed by atoms with E-state index in [4.69, 9.17) is 9.72 Å². The molecule has 1 unspecified atom stereocenters. The van der Waals surface area contributed by atoms with Gasteiger partial charge in [0.2, 0.25) is 0 Å². The normalized spacial score (nSPS) is 23.6. The number of fused-ring (bicyclic) bond motifs is 1. The Morgan fingerprint density at radius 1 is 1.50 bits per heavy atom. The standard InChI is InChI=1S/C14H20N4OS/c1-10-9-19-6-4-17(10)13-12(8-15-11-2-3-11)18-5-7-20-14(18)16-13/h5,7,10-11,15H,2-4,6,8-9H2,1H3. The lowest BCUT2D eigenvalue weighted by molar-refractivity contribution is 0.0985. The van der Waals surface area contributed by atoms with Crippen LogP contribution < -0.4 is 10.2 Å². The fraction of sp³-hybridized carbons (Fsp3) is 0.643. The first-order valence-electron chi connectivity index (χ1n) is 7.35. The van der Waals surface area contributed by atoms with Crippen LogP contribution in [0.2, 0.25) is 0 Å². The molecule has 4 rings (SSSR count). The molecule has 3 heterocycles. The van der Waals surface area contributed by atoms with Crippen molar-refractivity contribution >= 4 is 22.1 Å². The summed E-state index contributed by atoms with van der Waals surface area (Å²) in [6, 6.07) is 1.11. The predicted molar refractivity (Wildman–Crippen MR) is 80.6 cm³/mol. The predicted octanol–water partition coefficient (Wildman–Crippen LogP) is 1.87. The van der Waals surface area contributed by atoms with Gasteiger partial charge in [-0.15, -0.1) is 11.3 Å². The Balaban J connectivity index is 1.68. The number of aromatic nitrogens is 2. The Morgan fingerprint density at radius 3 is 3.20 bits per heavy atom. The largest absolute Gasteiger partial charge is 0.377 e. The summed E-state index contributed by atoms with van der Waals surface area (Å²) in [6.45, 7) is 5.64. The molecule has 0 spiro atoms. The number of ether oxygens (including phenoxy) is 1. The van der Waals surface area contributed by atoms with Crippen molar-refractivity contribution in [2.75, 3.05) is 24.7 Å². The van der Waals surface area contributed by atoms with E-state index in [1.54, 1.807) is 11.3 Å². The number of rotatable bonds is 4. The number of morpholine rings is 1. The molecule has 20 heavy (non-hydrogen) atoms. The SMILES string of the molecule is CC1COCCN1c1nc2sccn2c1CNC1CC1. The zero-order valence-electron chi connectivity index (χ0n) is 11.7. The Hall–Kier alpha value is -1.11. The molecule has 2 aromatic rings. The van der Waals surface area contributed by atoms with Gasteiger partial charge in [0.25, 0.3) is 0 Å². The first kappa shape index (κ1) is 12.6. The molecule has 1 saturated carbocycles. The van der Waals surface area contributed by atoms with E-state index >= 15 is 0 Å². The van der Waals surface area contributed by atoms with Gasteiger partial charge in [-0.1, -0.05) is 0 Å². The summed E-state index contributed by atoms with van der Waals surface area (Å²) >= 11 is 1.70. The number of thiazole rings is 1. The summed E-state index contributed by atoms with van der Waals surface area (Å²) in [5.74, 6) is 1.14. The zero-order chi connectivity index (χ0) is 13.5. The number of hydrogen-bond acceptors (Lipinski definition) is 5. The maximum atomic E-state index is 5.55. The summed E-state index contributed by atoms with van der Waals surface area (Å²) in [7, 11) is 0. The van der Waals surface area contributed by atoms with Crippen LogP contribution >= 0.6 is 11.3 Å². The van der Waals surface area contributed by atoms with Crippen molar-refractivity contribution in [3.05, 3.63) is 17.3 Å². The molecule has 2 aromatic heterocycles. The van der Waals surface area contributed by atoms with Crippen molar-refractivity contribution in [2.24, 2.45) is 0 Å². The van der Waals surface area contributed by atoms with Crippen molar-refractivity contribution < 1.29 is 4.74 Å². The molecule has 1 saturated heterocycles. The molecule has 1 aliphatic carbocycles. The summed E-state index contributed by atoms with van der Waals surface area (Å²) in [4.78, 5) is 8.34. The van der Waals surface area contributed by atoms with Crippen molar-refractivity contribution in [1.82, 2.24) is 14.7 Å². The van der Waals surface area contributed by atoms with Crippen LogP contribution in [0.3, 0.4) is 0 Å². The average molecular weight is 292 g/mol. The first-order valence-corrected chi connectivity index (χ1v) is 8.23. The van der Waals surface area contributed by atoms with Crippen LogP contribution in [0, 0.1) is 0 Å². The van der Waals surface area contributed by atoms with Gasteiger partial charge in [0.1, 0.15) is 0 Å². The second kappa shape index (κ2) is 5.02. The minimum atomic E-state index is 0.396. The van der Waals surface area contributed by atoms with E-state index in [-0.39, 0.29) is 0 Å². The lowest BCUT2D eigenvalue weighted by Crippen LogP contribution is -2.44. The van der Waals surface area contributed by atoms with Gasteiger partial charge in [0.15, 0.2) is 10.8 Å². The van der Waals surface area contributed by atoms with Crippen molar-refractivity contribution in [2.45, 2.75) is 38.4 Å². The molecule has 1 atom stereocenters. The Kier molecular flexibility index (Phi) is 3.17. The van der Waals surface area contributed by atoms with Gasteiger partial charge in [-0.2, -0.15) is 0 Å². The fourth-order valence-corrected chi connectivity index (χ4v) is 3.51. The number of nitrogens with one attached hydrogen (secondary N) is 1. The highest BCUT2D eigenvalue weighted by Gasteiger charge is 2.27. The summed E-state index contributed by atoms with van der Waals surface area (Å²) < 4.78 is 7.78. The van der Waals surface area contributed by atoms with Gasteiger partial charge in [-0.3, -0.25) is 4.40 Å². The maximum absolute atomic E-state index is 5.55. The molecule has 1 aliphatic heterocycles. The molecular weight excluding hydrogens is 272 g/mol. The molecule has 5 nitrogen and oxygen atoms in total. The topological polar surface area (TPSA) is 41.8 Å². The molecule has 0 amide bonds. The summed E-state index contributed by atoms with van der Waals surface area (Å²) in [5.41, 5.74) is 1.29. The number of anilines is 1. The number of nitrogens with zero attached hydrogens (tertiary/aromatic N) is 3. The van der Waals surface area contributed by atoms with E-state index in [1.807, 2.05) is 0 Å². The van der Waals surface area contributed by atoms with Gasteiger partial charge >= 0.3 is 0 Å². The van der Waals surface area contributed by atoms with Crippen LogP contribution in [-0.4, -0.2) is 41.2 Å². The maximum Gasteiger partial charge on any atom is 0.195 e. The zero-order valence-corrected chi connectivity index (χ0v) is 12.5. The molecule has 6 heteroatoms. The summed E-state index contributed by atoms with van der Waals surface area (Å²) in [6.07, 6.45) is 4.76. The third-order valence-corrected chi connectivity index (χ3v) is 4.87. The number of imidazole rings is 1. The Labute approximate surface area is 122 Å². The van der Waals surface area contributed by atoms with Gasteiger partial charge in [-0.25, -0.2) is 4.98 Å². The van der Waals surface area contributed by atoms with Crippen LogP contribution in [0.1, 0.15) is 25.5 Å². The first-order chi connectivity index (χ1) is 9.83. The molecule has 1 N–H and O–H groups in total. The van der Waals surface area contributed by atoms with Gasteiger partial charge in [0, 0.05) is 30.7 Å². The lowest BCUT2D eigenvalue weighted by atomic mass is 10.2. The fourth-order valence-electron chi connectivity index (χ4n) is 2.79. The smallest absolute Gasteiger partial charge is 0.195 e. The van der Waals surface area contributed by atoms with Crippen molar-refractivity contribution in [3.63, 3.8) is 0 Å². The third-order valence-electron chi connectivity index (χ3n) is 4.12. The quantitative estimate of drug-likeness (QED) is 0.934. The molecule has 2 fully saturated rings. The molecular formula is C14H20N4OS. The highest BCUT2D eigenvalue weighted by atomic mass is 32.1. The lowest BCUT2D eigenvalue weighted by Gasteiger charge is -2.34. The van der Waals surface area contributed by atoms with Gasteiger partial charge < -0.3 is 15.0 Å². The van der Waals surface area contributed by atoms with E-state index < -0.39 is 0 Å². The number of hydrogen-bond donors (Lipinski definition) is 1. The highest BCUT2D eigenvalue weighted by Crippen LogP contribution is 2.28. The monoisotopic (exact) mass is 292 g/mol. The van der Waals surface area contributed by atoms with Crippen LogP contribution in [0.4, 0.5) is 5.82 Å². The second-order valence-electron chi connectivity index (χ2n) is 5.71. The third kappa shape index (κ3) is 2.21. The molecule has 2 aliphatic rings. The molecule has 108 valence electrons. The van der Waals surface area contributed by atoms with E-state index in [0.717, 1.165) is 37.1 Å². The Bertz CT molecular complexity index is 603. The van der Waals surface area contributed by atoms with Crippen molar-refractivity contribution in [1.29, 1.82) is 0 Å². The summed E-state index contributed by atoms with van der Waals surface area (Å²) in [5, 5.41) is 5.73. The minimum Gasteiger partial charge on any atom is -0.377 e. The highest BCUT2D eigenvalue weighted by molar-refractivity contribution is 7.15. The van der Waals surface area contributed by atoms with Gasteiger partial charge in [0.05, 0.1) is 24.9 Å². The van der Waals surface area contributed by atoms with E-state index in [1.165, 1.54) is 18.5 Å². The van der Waals surface area contributed by atoms with Crippen LogP contribution in [0.25, 0.3) is 4.96 Å². The van der Waals surface area contributed by atoms with E-state index in [2.05, 4.69) is 33.1 Å². The van der Waals surface area contributed by atoms with Crippen LogP contribution in [-0.2, 0) is 11.3 Å². The van der Waals surface area contributed by atoms with Crippen LogP contribution in [0.5, 0.6) is 0 Å². The van der Waals surface area contributed by atoms with Crippen molar-refractivity contribution in [3.8, 4) is 0 Å². The van der Waals surface area contributed by atoms with Gasteiger partial charge in [-0.05, 0) is 19.8 Å².